The maximum atomic E-state index is 12.2. The van der Waals surface area contributed by atoms with Crippen LogP contribution in [0.1, 0.15) is 19.5 Å². The van der Waals surface area contributed by atoms with Gasteiger partial charge in [0.2, 0.25) is 0 Å². The van der Waals surface area contributed by atoms with Crippen molar-refractivity contribution < 1.29 is 14.6 Å². The van der Waals surface area contributed by atoms with Crippen LogP contribution in [-0.2, 0) is 9.48 Å². The number of ether oxygens (including phenoxy) is 1. The molecule has 2 fully saturated rings. The van der Waals surface area contributed by atoms with E-state index in [0.29, 0.717) is 37.8 Å². The molecule has 0 bridgehead atoms. The number of carbonyl (C=O) groups excluding carboxylic acids is 1. The van der Waals surface area contributed by atoms with Crippen molar-refractivity contribution in [3.8, 4) is 11.4 Å². The maximum Gasteiger partial charge on any atom is 0.322 e. The first-order valence-electron chi connectivity index (χ1n) is 10.5. The lowest BCUT2D eigenvalue weighted by molar-refractivity contribution is 0.0309. The summed E-state index contributed by atoms with van der Waals surface area (Å²) in [5.41, 5.74) is 2.58. The van der Waals surface area contributed by atoms with Gasteiger partial charge in [0.1, 0.15) is 5.82 Å². The Labute approximate surface area is 187 Å². The molecule has 0 atom stereocenters. The van der Waals surface area contributed by atoms with Crippen molar-refractivity contribution in [2.45, 2.75) is 24.7 Å². The van der Waals surface area contributed by atoms with Crippen molar-refractivity contribution in [1.82, 2.24) is 14.9 Å². The van der Waals surface area contributed by atoms with Crippen LogP contribution in [0.4, 0.5) is 16.3 Å². The van der Waals surface area contributed by atoms with E-state index in [1.165, 1.54) is 0 Å². The zero-order valence-corrected chi connectivity index (χ0v) is 19.0. The van der Waals surface area contributed by atoms with E-state index in [1.807, 2.05) is 24.3 Å². The largest absolute Gasteiger partial charge is 0.389 e. The molecule has 2 amide bonds. The van der Waals surface area contributed by atoms with E-state index in [9.17, 15) is 9.90 Å². The second-order valence-corrected chi connectivity index (χ2v) is 9.74. The third kappa shape index (κ3) is 4.94. The molecule has 2 aromatic rings. The second-order valence-electron chi connectivity index (χ2n) is 8.32. The van der Waals surface area contributed by atoms with Gasteiger partial charge in [-0.2, -0.15) is 11.8 Å². The van der Waals surface area contributed by atoms with E-state index in [-0.39, 0.29) is 10.8 Å². The summed E-state index contributed by atoms with van der Waals surface area (Å²) in [7, 11) is 0. The molecule has 2 N–H and O–H groups in total. The molecule has 0 spiro atoms. The number of hydrogen-bond donors (Lipinski definition) is 2. The van der Waals surface area contributed by atoms with Crippen LogP contribution in [0, 0.1) is 0 Å². The zero-order valence-electron chi connectivity index (χ0n) is 18.2. The van der Waals surface area contributed by atoms with Crippen molar-refractivity contribution in [3.63, 3.8) is 0 Å². The Balaban J connectivity index is 1.58. The van der Waals surface area contributed by atoms with Gasteiger partial charge < -0.3 is 25.0 Å². The van der Waals surface area contributed by atoms with Gasteiger partial charge in [0.25, 0.3) is 0 Å². The first-order chi connectivity index (χ1) is 14.9. The molecule has 31 heavy (non-hydrogen) atoms. The zero-order chi connectivity index (χ0) is 22.0. The Morgan fingerprint density at radius 2 is 1.87 bits per heavy atom. The highest BCUT2D eigenvalue weighted by molar-refractivity contribution is 7.99. The molecule has 0 saturated carbocycles. The first-order valence-corrected chi connectivity index (χ1v) is 11.7. The van der Waals surface area contributed by atoms with Gasteiger partial charge in [0, 0.05) is 30.4 Å². The van der Waals surface area contributed by atoms with Gasteiger partial charge in [-0.05, 0) is 44.4 Å². The Morgan fingerprint density at radius 1 is 1.19 bits per heavy atom. The van der Waals surface area contributed by atoms with Crippen LogP contribution in [0.5, 0.6) is 0 Å². The van der Waals surface area contributed by atoms with E-state index >= 15 is 0 Å². The van der Waals surface area contributed by atoms with Crippen molar-refractivity contribution >= 4 is 29.3 Å². The van der Waals surface area contributed by atoms with Crippen LogP contribution in [0.3, 0.4) is 0 Å². The summed E-state index contributed by atoms with van der Waals surface area (Å²) in [6.07, 6.45) is 1.67. The monoisotopic (exact) mass is 443 g/mol. The number of carbonyl (C=O) groups is 1. The van der Waals surface area contributed by atoms with Gasteiger partial charge in [0.15, 0.2) is 5.82 Å². The number of aliphatic hydroxyl groups excluding tert-OH is 1. The quantitative estimate of drug-likeness (QED) is 0.734. The summed E-state index contributed by atoms with van der Waals surface area (Å²) >= 11 is 1.76. The number of β-amino-alcohol motifs (C(OH)–C–C–N with tert-alkyl or cyclic N) is 1. The number of aliphatic hydroxyl groups is 1. The summed E-state index contributed by atoms with van der Waals surface area (Å²) in [4.78, 5) is 25.7. The molecule has 4 rings (SSSR count). The third-order valence-corrected chi connectivity index (χ3v) is 6.95. The van der Waals surface area contributed by atoms with E-state index in [1.54, 1.807) is 16.7 Å². The third-order valence-electron chi connectivity index (χ3n) is 5.72. The Hall–Kier alpha value is -2.36. The molecule has 8 nitrogen and oxygen atoms in total. The predicted octanol–water partition coefficient (Wildman–Crippen LogP) is 2.79. The van der Waals surface area contributed by atoms with Gasteiger partial charge in [-0.15, -0.1) is 0 Å². The van der Waals surface area contributed by atoms with Gasteiger partial charge in [-0.1, -0.05) is 0 Å². The molecule has 9 heteroatoms. The lowest BCUT2D eigenvalue weighted by atomic mass is 10.1. The number of aromatic nitrogens is 2. The highest BCUT2D eigenvalue weighted by Gasteiger charge is 2.29. The van der Waals surface area contributed by atoms with Crippen LogP contribution in [0.2, 0.25) is 0 Å². The number of hydrogen-bond acceptors (Lipinski definition) is 7. The maximum absolute atomic E-state index is 12.2. The van der Waals surface area contributed by atoms with Crippen LogP contribution >= 0.6 is 11.8 Å². The van der Waals surface area contributed by atoms with Crippen molar-refractivity contribution in [3.05, 3.63) is 36.0 Å². The summed E-state index contributed by atoms with van der Waals surface area (Å²) in [6.45, 7) is 8.10. The number of thioether (sulfide) groups is 1. The van der Waals surface area contributed by atoms with E-state index in [0.717, 1.165) is 30.2 Å². The van der Waals surface area contributed by atoms with Crippen LogP contribution < -0.4 is 10.2 Å². The Kier molecular flexibility index (Phi) is 6.36. The molecule has 0 radical (unpaired) electrons. The molecule has 2 aliphatic heterocycles. The molecular weight excluding hydrogens is 414 g/mol. The second kappa shape index (κ2) is 9.02. The molecule has 166 valence electrons. The van der Waals surface area contributed by atoms with Crippen molar-refractivity contribution in [1.29, 1.82) is 0 Å². The fourth-order valence-electron chi connectivity index (χ4n) is 3.46. The molecule has 1 aromatic carbocycles. The molecule has 3 heterocycles. The van der Waals surface area contributed by atoms with E-state index in [2.05, 4.69) is 36.4 Å². The fraction of sp³-hybridized carbons (Fsp3) is 0.500. The van der Waals surface area contributed by atoms with Crippen molar-refractivity contribution in [2.75, 3.05) is 55.9 Å². The van der Waals surface area contributed by atoms with E-state index in [4.69, 9.17) is 14.7 Å². The first kappa shape index (κ1) is 21.9. The number of urea groups is 1. The number of nitrogens with zero attached hydrogens (tertiary/aromatic N) is 4. The highest BCUT2D eigenvalue weighted by atomic mass is 32.2. The summed E-state index contributed by atoms with van der Waals surface area (Å²) in [5, 5.41) is 12.2. The molecule has 2 aliphatic rings. The highest BCUT2D eigenvalue weighted by Crippen LogP contribution is 2.35. The van der Waals surface area contributed by atoms with Crippen molar-refractivity contribution in [2.24, 2.45) is 0 Å². The minimum Gasteiger partial charge on any atom is -0.389 e. The minimum atomic E-state index is -0.413. The van der Waals surface area contributed by atoms with E-state index < -0.39 is 6.10 Å². The SMILES string of the molecule is CSC(C)(C)c1cc(N2CCOCC2)nc(-c2ccc(NC(=O)N3CC(O)C3)cc2)n1. The molecular formula is C22H29N5O3S. The van der Waals surface area contributed by atoms with Gasteiger partial charge in [0.05, 0.1) is 42.8 Å². The summed E-state index contributed by atoms with van der Waals surface area (Å²) in [5.74, 6) is 1.59. The molecule has 0 aliphatic carbocycles. The number of likely N-dealkylation sites (tertiary alicyclic amines) is 1. The van der Waals surface area contributed by atoms with Crippen LogP contribution in [0.15, 0.2) is 30.3 Å². The van der Waals surface area contributed by atoms with Crippen LogP contribution in [-0.4, -0.2) is 77.8 Å². The molecule has 2 saturated heterocycles. The lowest BCUT2D eigenvalue weighted by Gasteiger charge is -2.35. The van der Waals surface area contributed by atoms with Crippen LogP contribution in [0.25, 0.3) is 11.4 Å². The lowest BCUT2D eigenvalue weighted by Crippen LogP contribution is -2.54. The number of anilines is 2. The number of rotatable bonds is 5. The minimum absolute atomic E-state index is 0.144. The topological polar surface area (TPSA) is 90.8 Å². The summed E-state index contributed by atoms with van der Waals surface area (Å²) < 4.78 is 5.35. The molecule has 1 aromatic heterocycles. The number of morpholine rings is 1. The van der Waals surface area contributed by atoms with Gasteiger partial charge >= 0.3 is 6.03 Å². The Morgan fingerprint density at radius 3 is 2.48 bits per heavy atom. The van der Waals surface area contributed by atoms with Gasteiger partial charge in [-0.3, -0.25) is 0 Å². The predicted molar refractivity (Wildman–Crippen MR) is 124 cm³/mol. The molecule has 0 unspecified atom stereocenters. The average Bonchev–Trinajstić information content (AvgIpc) is 2.77. The normalized spacial score (nSPS) is 17.4. The average molecular weight is 444 g/mol. The number of benzene rings is 1. The Bertz CT molecular complexity index is 925. The smallest absolute Gasteiger partial charge is 0.322 e. The van der Waals surface area contributed by atoms with Gasteiger partial charge in [-0.25, -0.2) is 14.8 Å². The standard InChI is InChI=1S/C22H29N5O3S/c1-22(2,31-3)18-12-19(26-8-10-30-11-9-26)25-20(24-18)15-4-6-16(7-5-15)23-21(29)27-13-17(28)14-27/h4-7,12,17,28H,8-11,13-14H2,1-3H3,(H,23,29). The summed E-state index contributed by atoms with van der Waals surface area (Å²) in [6, 6.07) is 9.44. The number of amides is 2. The number of nitrogens with one attached hydrogen (secondary N) is 1. The fourth-order valence-corrected chi connectivity index (χ4v) is 3.77.